The number of aromatic nitrogens is 2. The maximum absolute atomic E-state index is 12.5. The number of nitrogens with one attached hydrogen (secondary N) is 2. The van der Waals surface area contributed by atoms with Crippen LogP contribution in [0.3, 0.4) is 0 Å². The van der Waals surface area contributed by atoms with Crippen molar-refractivity contribution in [3.8, 4) is 23.1 Å². The molecule has 0 bridgehead atoms. The number of fused-ring (bicyclic) bond motifs is 1. The van der Waals surface area contributed by atoms with E-state index >= 15 is 0 Å². The summed E-state index contributed by atoms with van der Waals surface area (Å²) in [6, 6.07) is 7.06. The van der Waals surface area contributed by atoms with Gasteiger partial charge in [-0.1, -0.05) is 0 Å². The number of benzene rings is 1. The molecule has 0 aliphatic heterocycles. The number of aromatic amines is 1. The number of anilines is 1. The van der Waals surface area contributed by atoms with Crippen LogP contribution < -0.4 is 29.8 Å². The third-order valence-electron chi connectivity index (χ3n) is 4.16. The van der Waals surface area contributed by atoms with Crippen molar-refractivity contribution in [2.24, 2.45) is 0 Å². The van der Waals surface area contributed by atoms with E-state index in [-0.39, 0.29) is 5.56 Å². The monoisotopic (exact) mass is 371 g/mol. The molecule has 2 aromatic heterocycles. The van der Waals surface area contributed by atoms with E-state index in [1.165, 1.54) is 14.2 Å². The zero-order valence-corrected chi connectivity index (χ0v) is 15.6. The summed E-state index contributed by atoms with van der Waals surface area (Å²) in [4.78, 5) is 19.5. The van der Waals surface area contributed by atoms with Crippen molar-refractivity contribution in [1.29, 1.82) is 0 Å². The van der Waals surface area contributed by atoms with Crippen LogP contribution in [0.2, 0.25) is 0 Å². The Balaban J connectivity index is 1.98. The first-order chi connectivity index (χ1) is 13.1. The SMILES string of the molecule is COc1ccc(NCc2cc3c(OC)c(OC)c(OC)cc3[nH]c2=O)cn1. The minimum atomic E-state index is -0.203. The molecular weight excluding hydrogens is 350 g/mol. The van der Waals surface area contributed by atoms with Crippen molar-refractivity contribution in [2.45, 2.75) is 6.54 Å². The molecule has 0 radical (unpaired) electrons. The first-order valence-electron chi connectivity index (χ1n) is 8.20. The molecule has 0 atom stereocenters. The lowest BCUT2D eigenvalue weighted by Crippen LogP contribution is -2.16. The average Bonchev–Trinajstić information content (AvgIpc) is 2.71. The van der Waals surface area contributed by atoms with Crippen LogP contribution in [0, 0.1) is 0 Å². The van der Waals surface area contributed by atoms with Gasteiger partial charge in [-0.3, -0.25) is 4.79 Å². The second-order valence-corrected chi connectivity index (χ2v) is 5.67. The summed E-state index contributed by atoms with van der Waals surface area (Å²) in [7, 11) is 6.17. The summed E-state index contributed by atoms with van der Waals surface area (Å²) in [5.74, 6) is 1.97. The van der Waals surface area contributed by atoms with Gasteiger partial charge in [0.25, 0.3) is 5.56 Å². The van der Waals surface area contributed by atoms with Crippen LogP contribution in [0.25, 0.3) is 10.9 Å². The number of H-pyrrole nitrogens is 1. The predicted octanol–water partition coefficient (Wildman–Crippen LogP) is 2.57. The number of hydrogen-bond acceptors (Lipinski definition) is 7. The summed E-state index contributed by atoms with van der Waals surface area (Å²) in [5.41, 5.74) is 1.72. The Morgan fingerprint density at radius 1 is 1.00 bits per heavy atom. The molecule has 0 aliphatic rings. The highest BCUT2D eigenvalue weighted by atomic mass is 16.5. The molecule has 0 unspecified atom stereocenters. The largest absolute Gasteiger partial charge is 0.493 e. The van der Waals surface area contributed by atoms with Crippen LogP contribution in [0.5, 0.6) is 23.1 Å². The van der Waals surface area contributed by atoms with Crippen molar-refractivity contribution >= 4 is 16.6 Å². The molecule has 0 fully saturated rings. The highest BCUT2D eigenvalue weighted by Crippen LogP contribution is 2.42. The lowest BCUT2D eigenvalue weighted by molar-refractivity contribution is 0.327. The van der Waals surface area contributed by atoms with Gasteiger partial charge < -0.3 is 29.2 Å². The minimum Gasteiger partial charge on any atom is -0.493 e. The molecule has 0 spiro atoms. The zero-order valence-electron chi connectivity index (χ0n) is 15.6. The van der Waals surface area contributed by atoms with Gasteiger partial charge in [0.15, 0.2) is 11.5 Å². The van der Waals surface area contributed by atoms with Crippen LogP contribution in [-0.4, -0.2) is 38.4 Å². The summed E-state index contributed by atoms with van der Waals surface area (Å²) in [6.07, 6.45) is 1.64. The molecule has 27 heavy (non-hydrogen) atoms. The molecule has 8 heteroatoms. The molecule has 3 rings (SSSR count). The van der Waals surface area contributed by atoms with Gasteiger partial charge in [-0.25, -0.2) is 4.98 Å². The summed E-state index contributed by atoms with van der Waals surface area (Å²) in [6.45, 7) is 0.316. The first kappa shape index (κ1) is 18.4. The fourth-order valence-corrected chi connectivity index (χ4v) is 2.80. The molecule has 2 heterocycles. The van der Waals surface area contributed by atoms with E-state index in [9.17, 15) is 4.79 Å². The molecule has 0 saturated heterocycles. The van der Waals surface area contributed by atoms with E-state index in [1.54, 1.807) is 38.6 Å². The second-order valence-electron chi connectivity index (χ2n) is 5.67. The lowest BCUT2D eigenvalue weighted by atomic mass is 10.1. The molecular formula is C19H21N3O5. The Hall–Kier alpha value is -3.42. The van der Waals surface area contributed by atoms with Gasteiger partial charge in [0.05, 0.1) is 45.8 Å². The van der Waals surface area contributed by atoms with Crippen molar-refractivity contribution in [2.75, 3.05) is 33.8 Å². The van der Waals surface area contributed by atoms with Crippen molar-refractivity contribution < 1.29 is 18.9 Å². The fourth-order valence-electron chi connectivity index (χ4n) is 2.80. The number of methoxy groups -OCH3 is 4. The molecule has 2 N–H and O–H groups in total. The van der Waals surface area contributed by atoms with Gasteiger partial charge in [-0.15, -0.1) is 0 Å². The third-order valence-corrected chi connectivity index (χ3v) is 4.16. The van der Waals surface area contributed by atoms with E-state index in [1.807, 2.05) is 6.07 Å². The quantitative estimate of drug-likeness (QED) is 0.659. The fraction of sp³-hybridized carbons (Fsp3) is 0.263. The van der Waals surface area contributed by atoms with Crippen molar-refractivity contribution in [1.82, 2.24) is 9.97 Å². The molecule has 1 aromatic carbocycles. The highest BCUT2D eigenvalue weighted by Gasteiger charge is 2.17. The molecule has 0 amide bonds. The Labute approximate surface area is 156 Å². The number of ether oxygens (including phenoxy) is 4. The van der Waals surface area contributed by atoms with Gasteiger partial charge in [0.1, 0.15) is 0 Å². The lowest BCUT2D eigenvalue weighted by Gasteiger charge is -2.15. The third kappa shape index (κ3) is 3.59. The smallest absolute Gasteiger partial charge is 0.253 e. The average molecular weight is 371 g/mol. The first-order valence-corrected chi connectivity index (χ1v) is 8.20. The number of hydrogen-bond donors (Lipinski definition) is 2. The standard InChI is InChI=1S/C19H21N3O5/c1-24-15-8-14-13(17(26-3)18(15)27-4)7-11(19(23)22-14)9-20-12-5-6-16(25-2)21-10-12/h5-8,10,20H,9H2,1-4H3,(H,22,23). The van der Waals surface area contributed by atoms with Crippen LogP contribution in [-0.2, 0) is 6.54 Å². The van der Waals surface area contributed by atoms with Gasteiger partial charge in [-0.2, -0.15) is 0 Å². The molecule has 0 aliphatic carbocycles. The Morgan fingerprint density at radius 2 is 1.78 bits per heavy atom. The van der Waals surface area contributed by atoms with E-state index < -0.39 is 0 Å². The highest BCUT2D eigenvalue weighted by molar-refractivity contribution is 5.90. The van der Waals surface area contributed by atoms with E-state index in [0.29, 0.717) is 40.8 Å². The van der Waals surface area contributed by atoms with Crippen LogP contribution in [0.1, 0.15) is 5.56 Å². The molecule has 0 saturated carbocycles. The molecule has 8 nitrogen and oxygen atoms in total. The van der Waals surface area contributed by atoms with Gasteiger partial charge in [0, 0.05) is 29.6 Å². The van der Waals surface area contributed by atoms with E-state index in [0.717, 1.165) is 11.1 Å². The van der Waals surface area contributed by atoms with Crippen molar-refractivity contribution in [3.63, 3.8) is 0 Å². The van der Waals surface area contributed by atoms with E-state index in [4.69, 9.17) is 18.9 Å². The zero-order chi connectivity index (χ0) is 19.4. The van der Waals surface area contributed by atoms with Crippen LogP contribution in [0.15, 0.2) is 35.3 Å². The number of nitrogens with zero attached hydrogens (tertiary/aromatic N) is 1. The van der Waals surface area contributed by atoms with Gasteiger partial charge in [-0.05, 0) is 12.1 Å². The molecule has 142 valence electrons. The topological polar surface area (TPSA) is 94.7 Å². The number of rotatable bonds is 7. The summed E-state index contributed by atoms with van der Waals surface area (Å²) < 4.78 is 21.3. The summed E-state index contributed by atoms with van der Waals surface area (Å²) >= 11 is 0. The van der Waals surface area contributed by atoms with Gasteiger partial charge >= 0.3 is 0 Å². The van der Waals surface area contributed by atoms with Crippen molar-refractivity contribution in [3.05, 3.63) is 46.4 Å². The maximum Gasteiger partial charge on any atom is 0.253 e. The summed E-state index contributed by atoms with van der Waals surface area (Å²) in [5, 5.41) is 3.89. The second kappa shape index (κ2) is 7.86. The van der Waals surface area contributed by atoms with Crippen LogP contribution >= 0.6 is 0 Å². The minimum absolute atomic E-state index is 0.203. The Bertz CT molecular complexity index is 999. The van der Waals surface area contributed by atoms with Gasteiger partial charge in [0.2, 0.25) is 11.6 Å². The predicted molar refractivity (Wildman–Crippen MR) is 102 cm³/mol. The van der Waals surface area contributed by atoms with Crippen LogP contribution in [0.4, 0.5) is 5.69 Å². The van der Waals surface area contributed by atoms with E-state index in [2.05, 4.69) is 15.3 Å². The maximum atomic E-state index is 12.5. The normalized spacial score (nSPS) is 10.5. The molecule has 3 aromatic rings. The Morgan fingerprint density at radius 3 is 2.37 bits per heavy atom. The number of pyridine rings is 2. The Kier molecular flexibility index (Phi) is 5.35.